The molecule has 88 valence electrons. The molecule has 4 heteroatoms. The molecule has 2 fully saturated rings. The Hall–Kier alpha value is -0.160. The first-order valence-corrected chi connectivity index (χ1v) is 5.95. The fraction of sp³-hybridized carbons (Fsp3) is 1.00. The molecule has 0 spiro atoms. The van der Waals surface area contributed by atoms with E-state index < -0.39 is 0 Å². The molecular formula is C11H22N2O2. The fourth-order valence-corrected chi connectivity index (χ4v) is 2.34. The van der Waals surface area contributed by atoms with Crippen LogP contribution in [-0.2, 0) is 9.47 Å². The van der Waals surface area contributed by atoms with E-state index in [2.05, 4.69) is 4.90 Å². The molecule has 0 atom stereocenters. The van der Waals surface area contributed by atoms with Gasteiger partial charge in [-0.2, -0.15) is 0 Å². The van der Waals surface area contributed by atoms with Gasteiger partial charge in [0, 0.05) is 45.0 Å². The third-order valence-corrected chi connectivity index (χ3v) is 3.34. The average molecular weight is 214 g/mol. The number of rotatable bonds is 2. The van der Waals surface area contributed by atoms with Crippen molar-refractivity contribution in [3.05, 3.63) is 0 Å². The van der Waals surface area contributed by atoms with E-state index in [0.29, 0.717) is 0 Å². The molecular weight excluding hydrogens is 192 g/mol. The molecule has 4 nitrogen and oxygen atoms in total. The van der Waals surface area contributed by atoms with Crippen molar-refractivity contribution in [2.24, 2.45) is 5.73 Å². The summed E-state index contributed by atoms with van der Waals surface area (Å²) >= 11 is 0. The Balaban J connectivity index is 1.82. The lowest BCUT2D eigenvalue weighted by Crippen LogP contribution is -2.53. The maximum atomic E-state index is 6.38. The quantitative estimate of drug-likeness (QED) is 0.714. The number of nitrogens with two attached hydrogens (primary N) is 1. The number of hydrogen-bond acceptors (Lipinski definition) is 4. The van der Waals surface area contributed by atoms with E-state index in [0.717, 1.165) is 65.3 Å². The van der Waals surface area contributed by atoms with Crippen molar-refractivity contribution in [2.75, 3.05) is 46.1 Å². The largest absolute Gasteiger partial charge is 0.381 e. The zero-order valence-corrected chi connectivity index (χ0v) is 9.41. The molecule has 0 aliphatic carbocycles. The first-order valence-electron chi connectivity index (χ1n) is 5.95. The van der Waals surface area contributed by atoms with Crippen molar-refractivity contribution in [2.45, 2.75) is 24.8 Å². The van der Waals surface area contributed by atoms with Gasteiger partial charge in [-0.05, 0) is 19.3 Å². The highest BCUT2D eigenvalue weighted by atomic mass is 16.5. The van der Waals surface area contributed by atoms with Crippen molar-refractivity contribution in [3.8, 4) is 0 Å². The monoisotopic (exact) mass is 214 g/mol. The highest BCUT2D eigenvalue weighted by Gasteiger charge is 2.30. The van der Waals surface area contributed by atoms with Crippen LogP contribution in [-0.4, -0.2) is 56.5 Å². The minimum Gasteiger partial charge on any atom is -0.381 e. The first-order chi connectivity index (χ1) is 7.29. The molecule has 0 bridgehead atoms. The summed E-state index contributed by atoms with van der Waals surface area (Å²) in [6.07, 6.45) is 3.11. The van der Waals surface area contributed by atoms with E-state index in [1.165, 1.54) is 0 Å². The lowest BCUT2D eigenvalue weighted by molar-refractivity contribution is 0.0371. The van der Waals surface area contributed by atoms with E-state index in [4.69, 9.17) is 15.2 Å². The fourth-order valence-electron chi connectivity index (χ4n) is 2.34. The summed E-state index contributed by atoms with van der Waals surface area (Å²) < 4.78 is 10.8. The van der Waals surface area contributed by atoms with Gasteiger partial charge in [0.05, 0.1) is 6.61 Å². The summed E-state index contributed by atoms with van der Waals surface area (Å²) in [6.45, 7) is 6.55. The molecule has 2 aliphatic heterocycles. The molecule has 0 aromatic rings. The lowest BCUT2D eigenvalue weighted by Gasteiger charge is -2.37. The van der Waals surface area contributed by atoms with Crippen molar-refractivity contribution >= 4 is 0 Å². The van der Waals surface area contributed by atoms with Gasteiger partial charge in [0.1, 0.15) is 0 Å². The van der Waals surface area contributed by atoms with Crippen molar-refractivity contribution in [3.63, 3.8) is 0 Å². The van der Waals surface area contributed by atoms with Gasteiger partial charge >= 0.3 is 0 Å². The van der Waals surface area contributed by atoms with Crippen LogP contribution in [0.5, 0.6) is 0 Å². The average Bonchev–Trinajstić information content (AvgIpc) is 2.47. The Morgan fingerprint density at radius 1 is 1.00 bits per heavy atom. The molecule has 2 heterocycles. The number of nitrogens with zero attached hydrogens (tertiary/aromatic N) is 1. The Labute approximate surface area is 91.7 Å². The zero-order valence-electron chi connectivity index (χ0n) is 9.41. The molecule has 0 amide bonds. The summed E-state index contributed by atoms with van der Waals surface area (Å²) in [5.41, 5.74) is 6.35. The smallest absolute Gasteiger partial charge is 0.0593 e. The molecule has 0 aromatic carbocycles. The third kappa shape index (κ3) is 3.41. The molecule has 2 aliphatic rings. The predicted octanol–water partition coefficient (Wildman–Crippen LogP) is 0.217. The van der Waals surface area contributed by atoms with Gasteiger partial charge in [-0.15, -0.1) is 0 Å². The predicted molar refractivity (Wildman–Crippen MR) is 58.8 cm³/mol. The second kappa shape index (κ2) is 5.25. The standard InChI is InChI=1S/C11H22N2O2/c12-11(2-7-15-8-3-11)10-13-4-1-6-14-9-5-13/h1-10,12H2. The normalized spacial score (nSPS) is 28.6. The minimum atomic E-state index is -0.0252. The van der Waals surface area contributed by atoms with Crippen molar-refractivity contribution < 1.29 is 9.47 Å². The van der Waals surface area contributed by atoms with E-state index in [9.17, 15) is 0 Å². The second-order valence-electron chi connectivity index (χ2n) is 4.72. The Morgan fingerprint density at radius 3 is 2.53 bits per heavy atom. The molecule has 0 saturated carbocycles. The molecule has 2 N–H and O–H groups in total. The Kier molecular flexibility index (Phi) is 3.97. The van der Waals surface area contributed by atoms with Crippen LogP contribution in [0.1, 0.15) is 19.3 Å². The van der Waals surface area contributed by atoms with Crippen LogP contribution in [0.2, 0.25) is 0 Å². The molecule has 2 saturated heterocycles. The molecule has 15 heavy (non-hydrogen) atoms. The van der Waals surface area contributed by atoms with Gasteiger partial charge in [-0.3, -0.25) is 4.90 Å². The molecule has 0 unspecified atom stereocenters. The molecule has 2 rings (SSSR count). The second-order valence-corrected chi connectivity index (χ2v) is 4.72. The summed E-state index contributed by atoms with van der Waals surface area (Å²) in [6, 6.07) is 0. The van der Waals surface area contributed by atoms with Crippen LogP contribution < -0.4 is 5.73 Å². The van der Waals surface area contributed by atoms with E-state index in [1.807, 2.05) is 0 Å². The maximum Gasteiger partial charge on any atom is 0.0593 e. The van der Waals surface area contributed by atoms with Gasteiger partial charge in [0.25, 0.3) is 0 Å². The van der Waals surface area contributed by atoms with Crippen LogP contribution in [0, 0.1) is 0 Å². The minimum absolute atomic E-state index is 0.0252. The van der Waals surface area contributed by atoms with Crippen LogP contribution in [0.3, 0.4) is 0 Å². The summed E-state index contributed by atoms with van der Waals surface area (Å²) in [4.78, 5) is 2.44. The van der Waals surface area contributed by atoms with Crippen molar-refractivity contribution in [1.82, 2.24) is 4.90 Å². The van der Waals surface area contributed by atoms with E-state index >= 15 is 0 Å². The zero-order chi connectivity index (χ0) is 10.6. The Bertz CT molecular complexity index is 185. The highest BCUT2D eigenvalue weighted by molar-refractivity contribution is 4.89. The van der Waals surface area contributed by atoms with Gasteiger partial charge < -0.3 is 15.2 Å². The van der Waals surface area contributed by atoms with Gasteiger partial charge in [0.2, 0.25) is 0 Å². The third-order valence-electron chi connectivity index (χ3n) is 3.34. The van der Waals surface area contributed by atoms with Crippen molar-refractivity contribution in [1.29, 1.82) is 0 Å². The highest BCUT2D eigenvalue weighted by Crippen LogP contribution is 2.19. The van der Waals surface area contributed by atoms with Crippen LogP contribution in [0.25, 0.3) is 0 Å². The topological polar surface area (TPSA) is 47.7 Å². The van der Waals surface area contributed by atoms with Gasteiger partial charge in [-0.25, -0.2) is 0 Å². The molecule has 0 aromatic heterocycles. The van der Waals surface area contributed by atoms with E-state index in [1.54, 1.807) is 0 Å². The maximum absolute atomic E-state index is 6.38. The van der Waals surface area contributed by atoms with Crippen LogP contribution in [0.15, 0.2) is 0 Å². The summed E-state index contributed by atoms with van der Waals surface area (Å²) in [5.74, 6) is 0. The SMILES string of the molecule is NC1(CN2CCCOCC2)CCOCC1. The number of hydrogen-bond donors (Lipinski definition) is 1. The molecule has 0 radical (unpaired) electrons. The summed E-state index contributed by atoms with van der Waals surface area (Å²) in [7, 11) is 0. The Morgan fingerprint density at radius 2 is 1.73 bits per heavy atom. The van der Waals surface area contributed by atoms with Crippen LogP contribution >= 0.6 is 0 Å². The summed E-state index contributed by atoms with van der Waals surface area (Å²) in [5, 5.41) is 0. The lowest BCUT2D eigenvalue weighted by atomic mass is 9.90. The van der Waals surface area contributed by atoms with E-state index in [-0.39, 0.29) is 5.54 Å². The van der Waals surface area contributed by atoms with Crippen LogP contribution in [0.4, 0.5) is 0 Å². The first kappa shape index (κ1) is 11.3. The van der Waals surface area contributed by atoms with Gasteiger partial charge in [0.15, 0.2) is 0 Å². The number of ether oxygens (including phenoxy) is 2. The van der Waals surface area contributed by atoms with Gasteiger partial charge in [-0.1, -0.05) is 0 Å².